The maximum Gasteiger partial charge on any atom is 0.286 e. The fourth-order valence-electron chi connectivity index (χ4n) is 1.93. The number of nitrogens with one attached hydrogen (secondary N) is 4. The Labute approximate surface area is 146 Å². The van der Waals surface area contributed by atoms with Gasteiger partial charge in [-0.25, -0.2) is 13.1 Å². The summed E-state index contributed by atoms with van der Waals surface area (Å²) < 4.78 is 26.9. The van der Waals surface area contributed by atoms with Crippen molar-refractivity contribution < 1.29 is 18.0 Å². The SMILES string of the molecule is CC[C@H](C)NS(=O)(=O)c1ccc(C(=O)NNC(=O)c2ccc[nH]2)cc1. The van der Waals surface area contributed by atoms with Gasteiger partial charge in [0.05, 0.1) is 4.90 Å². The quantitative estimate of drug-likeness (QED) is 0.575. The zero-order chi connectivity index (χ0) is 18.4. The van der Waals surface area contributed by atoms with Crippen LogP contribution in [0, 0.1) is 0 Å². The highest BCUT2D eigenvalue weighted by atomic mass is 32.2. The number of carbonyl (C=O) groups is 2. The molecule has 0 aliphatic carbocycles. The molecule has 1 aromatic heterocycles. The van der Waals surface area contributed by atoms with Crippen molar-refractivity contribution in [2.24, 2.45) is 0 Å². The first kappa shape index (κ1) is 18.7. The van der Waals surface area contributed by atoms with Crippen LogP contribution in [0.4, 0.5) is 0 Å². The van der Waals surface area contributed by atoms with Gasteiger partial charge in [-0.1, -0.05) is 6.92 Å². The molecule has 9 heteroatoms. The smallest absolute Gasteiger partial charge is 0.286 e. The van der Waals surface area contributed by atoms with Gasteiger partial charge in [-0.3, -0.25) is 20.4 Å². The summed E-state index contributed by atoms with van der Waals surface area (Å²) in [5.41, 5.74) is 5.05. The van der Waals surface area contributed by atoms with Crippen LogP contribution in [0.25, 0.3) is 0 Å². The van der Waals surface area contributed by atoms with Gasteiger partial charge >= 0.3 is 0 Å². The fraction of sp³-hybridized carbons (Fsp3) is 0.250. The molecule has 2 amide bonds. The Morgan fingerprint density at radius 2 is 1.72 bits per heavy atom. The van der Waals surface area contributed by atoms with E-state index >= 15 is 0 Å². The summed E-state index contributed by atoms with van der Waals surface area (Å²) >= 11 is 0. The molecule has 25 heavy (non-hydrogen) atoms. The summed E-state index contributed by atoms with van der Waals surface area (Å²) in [6.45, 7) is 3.65. The van der Waals surface area contributed by atoms with Gasteiger partial charge in [-0.2, -0.15) is 0 Å². The van der Waals surface area contributed by atoms with Crippen molar-refractivity contribution in [3.8, 4) is 0 Å². The monoisotopic (exact) mass is 364 g/mol. The van der Waals surface area contributed by atoms with Crippen molar-refractivity contribution in [2.75, 3.05) is 0 Å². The molecule has 0 spiro atoms. The number of benzene rings is 1. The maximum absolute atomic E-state index is 12.2. The van der Waals surface area contributed by atoms with Crippen LogP contribution in [-0.2, 0) is 10.0 Å². The van der Waals surface area contributed by atoms with E-state index < -0.39 is 21.8 Å². The second kappa shape index (κ2) is 7.95. The molecule has 0 unspecified atom stereocenters. The number of amides is 2. The molecule has 1 aromatic carbocycles. The lowest BCUT2D eigenvalue weighted by Crippen LogP contribution is -2.41. The fourth-order valence-corrected chi connectivity index (χ4v) is 3.25. The van der Waals surface area contributed by atoms with Crippen LogP contribution in [0.3, 0.4) is 0 Å². The molecule has 134 valence electrons. The van der Waals surface area contributed by atoms with E-state index in [1.54, 1.807) is 25.3 Å². The highest BCUT2D eigenvalue weighted by Crippen LogP contribution is 2.11. The first-order valence-electron chi connectivity index (χ1n) is 7.70. The molecule has 8 nitrogen and oxygen atoms in total. The van der Waals surface area contributed by atoms with Gasteiger partial charge in [0.15, 0.2) is 0 Å². The lowest BCUT2D eigenvalue weighted by Gasteiger charge is -2.12. The van der Waals surface area contributed by atoms with Crippen molar-refractivity contribution in [3.05, 3.63) is 53.9 Å². The number of aromatic nitrogens is 1. The zero-order valence-electron chi connectivity index (χ0n) is 13.9. The zero-order valence-corrected chi connectivity index (χ0v) is 14.7. The Bertz CT molecular complexity index is 830. The van der Waals surface area contributed by atoms with Crippen LogP contribution in [0.5, 0.6) is 0 Å². The minimum atomic E-state index is -3.62. The molecule has 0 aliphatic rings. The van der Waals surface area contributed by atoms with E-state index in [0.717, 1.165) is 0 Å². The number of sulfonamides is 1. The molecular weight excluding hydrogens is 344 g/mol. The van der Waals surface area contributed by atoms with Gasteiger partial charge in [0.2, 0.25) is 10.0 Å². The topological polar surface area (TPSA) is 120 Å². The molecule has 0 bridgehead atoms. The Kier molecular flexibility index (Phi) is 5.94. The summed E-state index contributed by atoms with van der Waals surface area (Å²) in [5, 5.41) is 0. The number of hydrogen-bond acceptors (Lipinski definition) is 4. The van der Waals surface area contributed by atoms with E-state index in [2.05, 4.69) is 20.6 Å². The Hall–Kier alpha value is -2.65. The number of rotatable bonds is 6. The summed E-state index contributed by atoms with van der Waals surface area (Å²) in [4.78, 5) is 26.5. The van der Waals surface area contributed by atoms with Crippen LogP contribution in [0.1, 0.15) is 41.1 Å². The van der Waals surface area contributed by atoms with Gasteiger partial charge in [0.1, 0.15) is 5.69 Å². The average molecular weight is 364 g/mol. The normalized spacial score (nSPS) is 12.4. The highest BCUT2D eigenvalue weighted by Gasteiger charge is 2.17. The first-order chi connectivity index (χ1) is 11.8. The predicted molar refractivity (Wildman–Crippen MR) is 92.2 cm³/mol. The number of hydrogen-bond donors (Lipinski definition) is 4. The van der Waals surface area contributed by atoms with Crippen LogP contribution in [-0.4, -0.2) is 31.3 Å². The van der Waals surface area contributed by atoms with Gasteiger partial charge < -0.3 is 4.98 Å². The average Bonchev–Trinajstić information content (AvgIpc) is 3.13. The third kappa shape index (κ3) is 4.91. The Morgan fingerprint density at radius 3 is 2.28 bits per heavy atom. The minimum absolute atomic E-state index is 0.0692. The molecule has 2 rings (SSSR count). The summed E-state index contributed by atoms with van der Waals surface area (Å²) in [6, 6.07) is 8.46. The Balaban J connectivity index is 1.99. The number of carbonyl (C=O) groups excluding carboxylic acids is 2. The molecule has 0 aliphatic heterocycles. The van der Waals surface area contributed by atoms with Crippen LogP contribution in [0.2, 0.25) is 0 Å². The van der Waals surface area contributed by atoms with Crippen molar-refractivity contribution in [1.29, 1.82) is 0 Å². The van der Waals surface area contributed by atoms with E-state index in [4.69, 9.17) is 0 Å². The minimum Gasteiger partial charge on any atom is -0.357 e. The summed E-state index contributed by atoms with van der Waals surface area (Å²) in [5.74, 6) is -1.05. The van der Waals surface area contributed by atoms with Crippen molar-refractivity contribution >= 4 is 21.8 Å². The highest BCUT2D eigenvalue weighted by molar-refractivity contribution is 7.89. The Morgan fingerprint density at radius 1 is 1.08 bits per heavy atom. The second-order valence-electron chi connectivity index (χ2n) is 5.45. The van der Waals surface area contributed by atoms with E-state index in [1.807, 2.05) is 6.92 Å². The molecule has 0 fully saturated rings. The van der Waals surface area contributed by atoms with Crippen LogP contribution >= 0.6 is 0 Å². The summed E-state index contributed by atoms with van der Waals surface area (Å²) in [7, 11) is -3.62. The van der Waals surface area contributed by atoms with E-state index in [-0.39, 0.29) is 16.5 Å². The van der Waals surface area contributed by atoms with Crippen molar-refractivity contribution in [2.45, 2.75) is 31.2 Å². The predicted octanol–water partition coefficient (Wildman–Crippen LogP) is 1.17. The number of hydrazine groups is 1. The van der Waals surface area contributed by atoms with E-state index in [9.17, 15) is 18.0 Å². The van der Waals surface area contributed by atoms with Crippen LogP contribution in [0.15, 0.2) is 47.5 Å². The van der Waals surface area contributed by atoms with E-state index in [0.29, 0.717) is 12.1 Å². The van der Waals surface area contributed by atoms with E-state index in [1.165, 1.54) is 24.3 Å². The third-order valence-electron chi connectivity index (χ3n) is 3.53. The molecule has 1 heterocycles. The summed E-state index contributed by atoms with van der Waals surface area (Å²) in [6.07, 6.45) is 2.25. The van der Waals surface area contributed by atoms with Crippen molar-refractivity contribution in [1.82, 2.24) is 20.6 Å². The first-order valence-corrected chi connectivity index (χ1v) is 9.18. The van der Waals surface area contributed by atoms with Gasteiger partial charge in [-0.15, -0.1) is 0 Å². The number of aromatic amines is 1. The molecule has 2 aromatic rings. The molecule has 1 atom stereocenters. The standard InChI is InChI=1S/C16H20N4O4S/c1-3-11(2)20-25(23,24)13-8-6-12(7-9-13)15(21)18-19-16(22)14-5-4-10-17-14/h4-11,17,20H,3H2,1-2H3,(H,18,21)(H,19,22)/t11-/m0/s1. The van der Waals surface area contributed by atoms with Gasteiger partial charge in [-0.05, 0) is 49.7 Å². The molecule has 4 N–H and O–H groups in total. The molecule has 0 saturated heterocycles. The maximum atomic E-state index is 12.2. The third-order valence-corrected chi connectivity index (χ3v) is 5.13. The van der Waals surface area contributed by atoms with Gasteiger partial charge in [0, 0.05) is 17.8 Å². The van der Waals surface area contributed by atoms with Crippen LogP contribution < -0.4 is 15.6 Å². The molecular formula is C16H20N4O4S. The molecule has 0 saturated carbocycles. The lowest BCUT2D eigenvalue weighted by molar-refractivity contribution is 0.0844. The largest absolute Gasteiger partial charge is 0.357 e. The molecule has 0 radical (unpaired) electrons. The second-order valence-corrected chi connectivity index (χ2v) is 7.16. The van der Waals surface area contributed by atoms with Crippen molar-refractivity contribution in [3.63, 3.8) is 0 Å². The van der Waals surface area contributed by atoms with Gasteiger partial charge in [0.25, 0.3) is 11.8 Å². The lowest BCUT2D eigenvalue weighted by atomic mass is 10.2. The number of H-pyrrole nitrogens is 1.